The van der Waals surface area contributed by atoms with Gasteiger partial charge in [-0.3, -0.25) is 4.79 Å². The number of amides is 1. The fourth-order valence-electron chi connectivity index (χ4n) is 3.07. The Morgan fingerprint density at radius 3 is 2.83 bits per heavy atom. The molecule has 3 rings (SSSR count). The van der Waals surface area contributed by atoms with Crippen molar-refractivity contribution in [1.29, 1.82) is 0 Å². The lowest BCUT2D eigenvalue weighted by Gasteiger charge is -2.36. The van der Waals surface area contributed by atoms with Gasteiger partial charge >= 0.3 is 0 Å². The monoisotopic (exact) mass is 415 g/mol. The van der Waals surface area contributed by atoms with Gasteiger partial charge in [0.1, 0.15) is 17.6 Å². The molecule has 3 heterocycles. The highest BCUT2D eigenvalue weighted by Crippen LogP contribution is 2.26. The van der Waals surface area contributed by atoms with Crippen LogP contribution in [0.15, 0.2) is 29.1 Å². The molecule has 24 heavy (non-hydrogen) atoms. The Labute approximate surface area is 156 Å². The standard InChI is InChI=1S/C16H22BrN5O.ClH/c1-11(2)22-10-12(17)8-13(22)16(23)21-7-4-18-9-14(21)15-19-5-6-20(15)3;/h5-6,8,10-11,14,18H,4,7,9H2,1-3H3;1H. The smallest absolute Gasteiger partial charge is 0.271 e. The van der Waals surface area contributed by atoms with Gasteiger partial charge < -0.3 is 19.4 Å². The minimum absolute atomic E-state index is 0. The van der Waals surface area contributed by atoms with Crippen LogP contribution in [-0.4, -0.2) is 44.6 Å². The van der Waals surface area contributed by atoms with Crippen molar-refractivity contribution in [3.05, 3.63) is 40.6 Å². The predicted molar refractivity (Wildman–Crippen MR) is 99.6 cm³/mol. The molecule has 1 saturated heterocycles. The highest BCUT2D eigenvalue weighted by molar-refractivity contribution is 9.10. The summed E-state index contributed by atoms with van der Waals surface area (Å²) in [5.41, 5.74) is 0.716. The number of rotatable bonds is 3. The largest absolute Gasteiger partial charge is 0.340 e. The minimum atomic E-state index is -0.0504. The lowest BCUT2D eigenvalue weighted by Crippen LogP contribution is -2.49. The molecule has 8 heteroatoms. The van der Waals surface area contributed by atoms with Crippen LogP contribution in [0.3, 0.4) is 0 Å². The van der Waals surface area contributed by atoms with E-state index in [0.29, 0.717) is 12.2 Å². The van der Waals surface area contributed by atoms with E-state index in [0.717, 1.165) is 23.4 Å². The van der Waals surface area contributed by atoms with E-state index in [2.05, 4.69) is 40.1 Å². The molecule has 1 unspecified atom stereocenters. The number of hydrogen-bond donors (Lipinski definition) is 1. The summed E-state index contributed by atoms with van der Waals surface area (Å²) in [4.78, 5) is 19.5. The van der Waals surface area contributed by atoms with E-state index in [1.807, 2.05) is 39.5 Å². The number of imidazole rings is 1. The Bertz CT molecular complexity index is 711. The van der Waals surface area contributed by atoms with Crippen LogP contribution in [0.2, 0.25) is 0 Å². The van der Waals surface area contributed by atoms with E-state index in [1.54, 1.807) is 6.20 Å². The molecule has 0 aromatic carbocycles. The third-order valence-electron chi connectivity index (χ3n) is 4.25. The number of nitrogens with one attached hydrogen (secondary N) is 1. The number of aromatic nitrogens is 3. The van der Waals surface area contributed by atoms with Gasteiger partial charge in [-0.05, 0) is 35.8 Å². The van der Waals surface area contributed by atoms with Gasteiger partial charge in [-0.25, -0.2) is 4.98 Å². The quantitative estimate of drug-likeness (QED) is 0.837. The molecule has 2 aromatic rings. The van der Waals surface area contributed by atoms with E-state index in [9.17, 15) is 4.79 Å². The first-order valence-corrected chi connectivity index (χ1v) is 8.64. The van der Waals surface area contributed by atoms with Crippen LogP contribution in [-0.2, 0) is 7.05 Å². The first-order chi connectivity index (χ1) is 11.0. The number of carbonyl (C=O) groups is 1. The Balaban J connectivity index is 0.00000208. The molecule has 132 valence electrons. The number of hydrogen-bond acceptors (Lipinski definition) is 3. The molecule has 2 aromatic heterocycles. The van der Waals surface area contributed by atoms with Gasteiger partial charge in [-0.1, -0.05) is 0 Å². The third-order valence-corrected chi connectivity index (χ3v) is 4.69. The summed E-state index contributed by atoms with van der Waals surface area (Å²) in [6.07, 6.45) is 5.66. The summed E-state index contributed by atoms with van der Waals surface area (Å²) in [6.45, 7) is 6.36. The van der Waals surface area contributed by atoms with Crippen LogP contribution in [0, 0.1) is 0 Å². The van der Waals surface area contributed by atoms with Crippen molar-refractivity contribution in [2.45, 2.75) is 25.9 Å². The van der Waals surface area contributed by atoms with Crippen LogP contribution in [0.1, 0.15) is 42.2 Å². The first-order valence-electron chi connectivity index (χ1n) is 7.85. The Kier molecular flexibility index (Phi) is 6.11. The van der Waals surface area contributed by atoms with E-state index in [-0.39, 0.29) is 30.4 Å². The van der Waals surface area contributed by atoms with Gasteiger partial charge in [-0.2, -0.15) is 0 Å². The predicted octanol–water partition coefficient (Wildman–Crippen LogP) is 2.77. The zero-order valence-corrected chi connectivity index (χ0v) is 16.5. The molecule has 1 N–H and O–H groups in total. The average molecular weight is 417 g/mol. The molecule has 1 aliphatic heterocycles. The molecule has 0 saturated carbocycles. The van der Waals surface area contributed by atoms with E-state index >= 15 is 0 Å². The number of halogens is 2. The molecule has 0 aliphatic carbocycles. The zero-order valence-electron chi connectivity index (χ0n) is 14.1. The van der Waals surface area contributed by atoms with Crippen molar-refractivity contribution in [3.63, 3.8) is 0 Å². The van der Waals surface area contributed by atoms with E-state index < -0.39 is 0 Å². The van der Waals surface area contributed by atoms with Crippen molar-refractivity contribution in [2.75, 3.05) is 19.6 Å². The molecule has 0 radical (unpaired) electrons. The van der Waals surface area contributed by atoms with Crippen molar-refractivity contribution >= 4 is 34.2 Å². The van der Waals surface area contributed by atoms with Gasteiger partial charge in [0.25, 0.3) is 5.91 Å². The highest BCUT2D eigenvalue weighted by atomic mass is 79.9. The van der Waals surface area contributed by atoms with Crippen LogP contribution in [0.25, 0.3) is 0 Å². The summed E-state index contributed by atoms with van der Waals surface area (Å²) >= 11 is 3.49. The molecular formula is C16H23BrClN5O. The molecule has 0 bridgehead atoms. The third kappa shape index (κ3) is 3.53. The number of nitrogens with zero attached hydrogens (tertiary/aromatic N) is 4. The van der Waals surface area contributed by atoms with Crippen LogP contribution in [0.5, 0.6) is 0 Å². The molecule has 0 spiro atoms. The van der Waals surface area contributed by atoms with E-state index in [1.165, 1.54) is 0 Å². The maximum absolute atomic E-state index is 13.2. The summed E-state index contributed by atoms with van der Waals surface area (Å²) in [5, 5.41) is 3.37. The Morgan fingerprint density at radius 1 is 1.46 bits per heavy atom. The lowest BCUT2D eigenvalue weighted by molar-refractivity contribution is 0.0608. The highest BCUT2D eigenvalue weighted by Gasteiger charge is 2.32. The SMILES string of the molecule is CC(C)n1cc(Br)cc1C(=O)N1CCNCC1c1nccn1C.Cl. The molecule has 1 amide bonds. The molecule has 1 fully saturated rings. The fourth-order valence-corrected chi connectivity index (χ4v) is 3.51. The minimum Gasteiger partial charge on any atom is -0.340 e. The number of aryl methyl sites for hydroxylation is 1. The summed E-state index contributed by atoms with van der Waals surface area (Å²) in [6, 6.07) is 2.08. The van der Waals surface area contributed by atoms with Crippen LogP contribution in [0.4, 0.5) is 0 Å². The maximum atomic E-state index is 13.2. The lowest BCUT2D eigenvalue weighted by atomic mass is 10.1. The van der Waals surface area contributed by atoms with Crippen molar-refractivity contribution in [3.8, 4) is 0 Å². The number of piperazine rings is 1. The number of carbonyl (C=O) groups excluding carboxylic acids is 1. The topological polar surface area (TPSA) is 55.1 Å². The molecule has 6 nitrogen and oxygen atoms in total. The average Bonchev–Trinajstić information content (AvgIpc) is 3.12. The second-order valence-electron chi connectivity index (χ2n) is 6.16. The normalized spacial score (nSPS) is 17.9. The molecule has 1 aliphatic rings. The van der Waals surface area contributed by atoms with Crippen molar-refractivity contribution < 1.29 is 4.79 Å². The van der Waals surface area contributed by atoms with Crippen molar-refractivity contribution in [1.82, 2.24) is 24.3 Å². The van der Waals surface area contributed by atoms with Crippen molar-refractivity contribution in [2.24, 2.45) is 7.05 Å². The van der Waals surface area contributed by atoms with Gasteiger partial charge in [0, 0.05) is 55.8 Å². The van der Waals surface area contributed by atoms with Crippen LogP contribution >= 0.6 is 28.3 Å². The summed E-state index contributed by atoms with van der Waals surface area (Å²) < 4.78 is 4.93. The van der Waals surface area contributed by atoms with Gasteiger partial charge in [0.2, 0.25) is 0 Å². The second-order valence-corrected chi connectivity index (χ2v) is 7.08. The molecule has 1 atom stereocenters. The Hall–Kier alpha value is -1.31. The van der Waals surface area contributed by atoms with Gasteiger partial charge in [0.05, 0.1) is 0 Å². The van der Waals surface area contributed by atoms with Gasteiger partial charge in [-0.15, -0.1) is 12.4 Å². The maximum Gasteiger partial charge on any atom is 0.271 e. The fraction of sp³-hybridized carbons (Fsp3) is 0.500. The van der Waals surface area contributed by atoms with E-state index in [4.69, 9.17) is 0 Å². The zero-order chi connectivity index (χ0) is 16.6. The van der Waals surface area contributed by atoms with Gasteiger partial charge in [0.15, 0.2) is 0 Å². The first kappa shape index (κ1) is 19.0. The second kappa shape index (κ2) is 7.72. The summed E-state index contributed by atoms with van der Waals surface area (Å²) in [5.74, 6) is 0.964. The Morgan fingerprint density at radius 2 is 2.21 bits per heavy atom. The van der Waals surface area contributed by atoms with Crippen LogP contribution < -0.4 is 5.32 Å². The summed E-state index contributed by atoms with van der Waals surface area (Å²) in [7, 11) is 1.97. The molecular weight excluding hydrogens is 394 g/mol.